The lowest BCUT2D eigenvalue weighted by atomic mass is 9.92. The molecule has 0 spiro atoms. The molecule has 108 valence electrons. The van der Waals surface area contributed by atoms with E-state index >= 15 is 0 Å². The van der Waals surface area contributed by atoms with E-state index in [1.165, 1.54) is 30.5 Å². The molecule has 1 aromatic heterocycles. The van der Waals surface area contributed by atoms with E-state index in [1.54, 1.807) is 0 Å². The summed E-state index contributed by atoms with van der Waals surface area (Å²) in [7, 11) is 1.81. The molecule has 3 unspecified atom stereocenters. The van der Waals surface area contributed by atoms with Crippen molar-refractivity contribution in [3.05, 3.63) is 17.0 Å². The fourth-order valence-electron chi connectivity index (χ4n) is 3.25. The third kappa shape index (κ3) is 2.97. The number of halogens is 1. The van der Waals surface area contributed by atoms with Gasteiger partial charge in [0.2, 0.25) is 0 Å². The van der Waals surface area contributed by atoms with E-state index in [-0.39, 0.29) is 5.38 Å². The van der Waals surface area contributed by atoms with Gasteiger partial charge in [0.05, 0.1) is 23.2 Å². The van der Waals surface area contributed by atoms with E-state index in [0.717, 1.165) is 18.5 Å². The van der Waals surface area contributed by atoms with Crippen molar-refractivity contribution in [1.29, 1.82) is 0 Å². The Hall–Kier alpha value is -0.540. The second-order valence-electron chi connectivity index (χ2n) is 5.58. The zero-order valence-electron chi connectivity index (χ0n) is 12.4. The molecule has 0 N–H and O–H groups in total. The maximum atomic E-state index is 6.43. The first-order chi connectivity index (χ1) is 9.08. The zero-order valence-corrected chi connectivity index (χ0v) is 13.2. The summed E-state index contributed by atoms with van der Waals surface area (Å²) in [5.74, 6) is 0. The normalized spacial score (nSPS) is 25.5. The number of alkyl halides is 1. The molecule has 0 radical (unpaired) electrons. The second kappa shape index (κ2) is 6.27. The van der Waals surface area contributed by atoms with Crippen LogP contribution in [0.3, 0.4) is 0 Å². The number of ether oxygens (including phenoxy) is 1. The van der Waals surface area contributed by atoms with Gasteiger partial charge < -0.3 is 4.74 Å². The molecule has 1 aliphatic carbocycles. The first-order valence-electron chi connectivity index (χ1n) is 7.30. The lowest BCUT2D eigenvalue weighted by Gasteiger charge is -2.29. The van der Waals surface area contributed by atoms with Gasteiger partial charge in [-0.2, -0.15) is 5.10 Å². The minimum Gasteiger partial charge on any atom is -0.381 e. The Morgan fingerprint density at radius 3 is 2.79 bits per heavy atom. The fraction of sp³-hybridized carbons (Fsp3) is 0.800. The summed E-state index contributed by atoms with van der Waals surface area (Å²) in [5.41, 5.74) is 3.55. The lowest BCUT2D eigenvalue weighted by molar-refractivity contribution is 0.0503. The van der Waals surface area contributed by atoms with Gasteiger partial charge in [0, 0.05) is 18.4 Å². The van der Waals surface area contributed by atoms with Gasteiger partial charge >= 0.3 is 0 Å². The summed E-state index contributed by atoms with van der Waals surface area (Å²) < 4.78 is 7.72. The average molecular weight is 285 g/mol. The molecule has 0 amide bonds. The lowest BCUT2D eigenvalue weighted by Crippen LogP contribution is -2.25. The van der Waals surface area contributed by atoms with Crippen LogP contribution in [0.1, 0.15) is 67.4 Å². The number of aryl methyl sites for hydroxylation is 1. The maximum Gasteiger partial charge on any atom is 0.0643 e. The molecule has 3 atom stereocenters. The van der Waals surface area contributed by atoms with Crippen LogP contribution in [0.2, 0.25) is 0 Å². The van der Waals surface area contributed by atoms with Crippen molar-refractivity contribution in [2.75, 3.05) is 7.11 Å². The standard InChI is InChI=1S/C15H25ClN2O/c1-5-14(16)15-10(2)17-18(11(15)3)12-7-6-8-13(9-12)19-4/h12-14H,5-9H2,1-4H3. The molecule has 19 heavy (non-hydrogen) atoms. The van der Waals surface area contributed by atoms with Gasteiger partial charge in [-0.1, -0.05) is 6.92 Å². The molecule has 1 aromatic rings. The number of rotatable bonds is 4. The molecule has 0 bridgehead atoms. The smallest absolute Gasteiger partial charge is 0.0643 e. The predicted octanol–water partition coefficient (Wildman–Crippen LogP) is 4.32. The predicted molar refractivity (Wildman–Crippen MR) is 78.9 cm³/mol. The van der Waals surface area contributed by atoms with E-state index < -0.39 is 0 Å². The summed E-state index contributed by atoms with van der Waals surface area (Å²) in [6, 6.07) is 0.465. The molecular weight excluding hydrogens is 260 g/mol. The SMILES string of the molecule is CCC(Cl)c1c(C)nn(C2CCCC(OC)C2)c1C. The molecule has 4 heteroatoms. The van der Waals surface area contributed by atoms with Gasteiger partial charge in [0.1, 0.15) is 0 Å². The van der Waals surface area contributed by atoms with Crippen LogP contribution in [-0.2, 0) is 4.74 Å². The molecule has 1 heterocycles. The first kappa shape index (κ1) is 14.9. The van der Waals surface area contributed by atoms with Crippen LogP contribution in [0.25, 0.3) is 0 Å². The molecule has 1 fully saturated rings. The van der Waals surface area contributed by atoms with E-state index in [1.807, 2.05) is 7.11 Å². The van der Waals surface area contributed by atoms with Crippen molar-refractivity contribution in [1.82, 2.24) is 9.78 Å². The molecule has 0 aliphatic heterocycles. The Balaban J connectivity index is 2.25. The van der Waals surface area contributed by atoms with Gasteiger partial charge in [-0.15, -0.1) is 11.6 Å². The fourth-order valence-corrected chi connectivity index (χ4v) is 3.56. The van der Waals surface area contributed by atoms with Crippen molar-refractivity contribution in [3.8, 4) is 0 Å². The van der Waals surface area contributed by atoms with E-state index in [4.69, 9.17) is 21.4 Å². The van der Waals surface area contributed by atoms with Gasteiger partial charge in [0.15, 0.2) is 0 Å². The zero-order chi connectivity index (χ0) is 14.0. The Labute approximate surface area is 121 Å². The summed E-state index contributed by atoms with van der Waals surface area (Å²) in [4.78, 5) is 0. The minimum absolute atomic E-state index is 0.0792. The summed E-state index contributed by atoms with van der Waals surface area (Å²) >= 11 is 6.43. The van der Waals surface area contributed by atoms with Crippen LogP contribution in [-0.4, -0.2) is 23.0 Å². The summed E-state index contributed by atoms with van der Waals surface area (Å²) in [6.45, 7) is 6.34. The topological polar surface area (TPSA) is 27.1 Å². The van der Waals surface area contributed by atoms with Crippen molar-refractivity contribution < 1.29 is 4.74 Å². The van der Waals surface area contributed by atoms with Crippen LogP contribution in [0.4, 0.5) is 0 Å². The number of nitrogens with zero attached hydrogens (tertiary/aromatic N) is 2. The Kier molecular flexibility index (Phi) is 4.91. The number of hydrogen-bond acceptors (Lipinski definition) is 2. The number of aromatic nitrogens is 2. The van der Waals surface area contributed by atoms with E-state index in [0.29, 0.717) is 12.1 Å². The highest BCUT2D eigenvalue weighted by Gasteiger charge is 2.27. The maximum absolute atomic E-state index is 6.43. The molecule has 1 aliphatic rings. The van der Waals surface area contributed by atoms with Gasteiger partial charge in [-0.25, -0.2) is 0 Å². The van der Waals surface area contributed by atoms with Gasteiger partial charge in [-0.05, 0) is 46.0 Å². The Morgan fingerprint density at radius 1 is 1.42 bits per heavy atom. The third-order valence-corrected chi connectivity index (χ3v) is 4.86. The van der Waals surface area contributed by atoms with Crippen LogP contribution in [0.15, 0.2) is 0 Å². The monoisotopic (exact) mass is 284 g/mol. The molecule has 2 rings (SSSR count). The molecule has 0 saturated heterocycles. The van der Waals surface area contributed by atoms with Crippen LogP contribution >= 0.6 is 11.6 Å². The van der Waals surface area contributed by atoms with Crippen LogP contribution in [0, 0.1) is 13.8 Å². The van der Waals surface area contributed by atoms with Crippen molar-refractivity contribution >= 4 is 11.6 Å². The minimum atomic E-state index is 0.0792. The average Bonchev–Trinajstić information content (AvgIpc) is 2.73. The highest BCUT2D eigenvalue weighted by molar-refractivity contribution is 6.20. The Bertz CT molecular complexity index is 430. The van der Waals surface area contributed by atoms with Gasteiger partial charge in [-0.3, -0.25) is 4.68 Å². The molecule has 3 nitrogen and oxygen atoms in total. The first-order valence-corrected chi connectivity index (χ1v) is 7.74. The highest BCUT2D eigenvalue weighted by Crippen LogP contribution is 2.35. The van der Waals surface area contributed by atoms with Crippen molar-refractivity contribution in [2.45, 2.75) is 70.4 Å². The van der Waals surface area contributed by atoms with Crippen LogP contribution in [0.5, 0.6) is 0 Å². The summed E-state index contributed by atoms with van der Waals surface area (Å²) in [5, 5.41) is 4.83. The number of methoxy groups -OCH3 is 1. The largest absolute Gasteiger partial charge is 0.381 e. The summed E-state index contributed by atoms with van der Waals surface area (Å²) in [6.07, 6.45) is 5.97. The Morgan fingerprint density at radius 2 is 2.16 bits per heavy atom. The molecular formula is C15H25ClN2O. The quantitative estimate of drug-likeness (QED) is 0.770. The number of hydrogen-bond donors (Lipinski definition) is 0. The van der Waals surface area contributed by atoms with E-state index in [2.05, 4.69) is 25.5 Å². The molecule has 1 saturated carbocycles. The van der Waals surface area contributed by atoms with Crippen molar-refractivity contribution in [3.63, 3.8) is 0 Å². The van der Waals surface area contributed by atoms with Crippen molar-refractivity contribution in [2.24, 2.45) is 0 Å². The third-order valence-electron chi connectivity index (χ3n) is 4.33. The highest BCUT2D eigenvalue weighted by atomic mass is 35.5. The second-order valence-corrected chi connectivity index (χ2v) is 6.11. The van der Waals surface area contributed by atoms with Crippen LogP contribution < -0.4 is 0 Å². The molecule has 0 aromatic carbocycles. The van der Waals surface area contributed by atoms with E-state index in [9.17, 15) is 0 Å². The van der Waals surface area contributed by atoms with Gasteiger partial charge in [0.25, 0.3) is 0 Å².